The third-order valence-corrected chi connectivity index (χ3v) is 1.91. The Morgan fingerprint density at radius 1 is 1.21 bits per heavy atom. The summed E-state index contributed by atoms with van der Waals surface area (Å²) in [6, 6.07) is 0. The second-order valence-electron chi connectivity index (χ2n) is 5.09. The predicted octanol–water partition coefficient (Wildman–Crippen LogP) is 2.60. The molecule has 114 valence electrons. The van der Waals surface area contributed by atoms with Crippen LogP contribution in [0.25, 0.3) is 0 Å². The molecular weight excluding hydrogens is 256 g/mol. The fourth-order valence-electron chi connectivity index (χ4n) is 1.03. The molecule has 0 amide bonds. The topological polar surface area (TPSA) is 83.5 Å². The molecule has 0 saturated heterocycles. The van der Waals surface area contributed by atoms with Crippen molar-refractivity contribution in [3.8, 4) is 0 Å². The average molecular weight is 280 g/mol. The Morgan fingerprint density at radius 3 is 2.32 bits per heavy atom. The van der Waals surface area contributed by atoms with Crippen LogP contribution in [-0.4, -0.2) is 29.2 Å². The van der Waals surface area contributed by atoms with E-state index in [-0.39, 0.29) is 0 Å². The molecule has 7 heteroatoms. The first-order chi connectivity index (χ1) is 8.80. The highest BCUT2D eigenvalue weighted by atomic mass is 17.3. The Kier molecular flexibility index (Phi) is 8.86. The number of hydrogen-bond acceptors (Lipinski definition) is 7. The van der Waals surface area contributed by atoms with E-state index >= 15 is 0 Å². The minimum atomic E-state index is -0.995. The van der Waals surface area contributed by atoms with Gasteiger partial charge in [0.05, 0.1) is 5.60 Å². The van der Waals surface area contributed by atoms with Gasteiger partial charge in [0.25, 0.3) is 0 Å². The third kappa shape index (κ3) is 9.80. The molecule has 0 aliphatic carbocycles. The number of unbranched alkanes of at least 4 members (excludes halogenated alkanes) is 1. The van der Waals surface area contributed by atoms with Crippen LogP contribution in [0.5, 0.6) is 0 Å². The molecule has 0 aromatic rings. The van der Waals surface area contributed by atoms with Gasteiger partial charge in [0.2, 0.25) is 6.29 Å². The van der Waals surface area contributed by atoms with E-state index in [1.807, 2.05) is 27.7 Å². The van der Waals surface area contributed by atoms with E-state index in [4.69, 9.17) is 24.8 Å². The Hall–Kier alpha value is -0.730. The van der Waals surface area contributed by atoms with Gasteiger partial charge < -0.3 is 0 Å². The van der Waals surface area contributed by atoms with Crippen molar-refractivity contribution in [2.45, 2.75) is 71.9 Å². The SMILES string of the molecule is CCCCC(OOC(C)OOC(C)(C)C)C(=O)OO. The second kappa shape index (κ2) is 9.22. The standard InChI is InChI=1S/C12H24O7/c1-6-7-8-10(11(13)15-14)18-16-9(2)17-19-12(3,4)5/h9-10,14H,6-8H2,1-5H3. The molecule has 0 spiro atoms. The zero-order chi connectivity index (χ0) is 14.9. The molecule has 0 radical (unpaired) electrons. The molecule has 1 N–H and O–H groups in total. The van der Waals surface area contributed by atoms with Crippen LogP contribution in [0.2, 0.25) is 0 Å². The molecule has 0 aromatic heterocycles. The molecule has 0 rings (SSSR count). The summed E-state index contributed by atoms with van der Waals surface area (Å²) >= 11 is 0. The van der Waals surface area contributed by atoms with Gasteiger partial charge in [0.15, 0.2) is 6.10 Å². The summed E-state index contributed by atoms with van der Waals surface area (Å²) in [5, 5.41) is 8.34. The van der Waals surface area contributed by atoms with Gasteiger partial charge in [-0.2, -0.15) is 5.26 Å². The lowest BCUT2D eigenvalue weighted by Gasteiger charge is -2.21. The van der Waals surface area contributed by atoms with Gasteiger partial charge in [0, 0.05) is 0 Å². The van der Waals surface area contributed by atoms with E-state index in [1.165, 1.54) is 0 Å². The smallest absolute Gasteiger partial charge is 0.298 e. The van der Waals surface area contributed by atoms with Gasteiger partial charge in [-0.05, 0) is 34.1 Å². The molecule has 0 bridgehead atoms. The van der Waals surface area contributed by atoms with E-state index < -0.39 is 24.0 Å². The largest absolute Gasteiger partial charge is 0.373 e. The molecular formula is C12H24O7. The van der Waals surface area contributed by atoms with Crippen molar-refractivity contribution in [3.63, 3.8) is 0 Å². The number of carbonyl (C=O) groups excluding carboxylic acids is 1. The zero-order valence-corrected chi connectivity index (χ0v) is 12.2. The minimum Gasteiger partial charge on any atom is -0.298 e. The van der Waals surface area contributed by atoms with Crippen LogP contribution in [0, 0.1) is 0 Å². The maximum absolute atomic E-state index is 11.2. The molecule has 0 saturated carbocycles. The molecule has 0 aliphatic heterocycles. The summed E-state index contributed by atoms with van der Waals surface area (Å²) in [5.74, 6) is -0.905. The fourth-order valence-corrected chi connectivity index (χ4v) is 1.03. The van der Waals surface area contributed by atoms with Gasteiger partial charge in [-0.1, -0.05) is 19.8 Å². The Morgan fingerprint density at radius 2 is 1.84 bits per heavy atom. The Labute approximate surface area is 113 Å². The van der Waals surface area contributed by atoms with Gasteiger partial charge in [-0.3, -0.25) is 4.89 Å². The molecule has 2 atom stereocenters. The monoisotopic (exact) mass is 280 g/mol. The number of hydrogen-bond donors (Lipinski definition) is 1. The first kappa shape index (κ1) is 18.3. The van der Waals surface area contributed by atoms with Crippen molar-refractivity contribution in [1.29, 1.82) is 0 Å². The summed E-state index contributed by atoms with van der Waals surface area (Å²) in [4.78, 5) is 34.5. The van der Waals surface area contributed by atoms with Crippen molar-refractivity contribution in [1.82, 2.24) is 0 Å². The lowest BCUT2D eigenvalue weighted by atomic mass is 10.2. The van der Waals surface area contributed by atoms with E-state index in [0.29, 0.717) is 6.42 Å². The highest BCUT2D eigenvalue weighted by Gasteiger charge is 2.24. The summed E-state index contributed by atoms with van der Waals surface area (Å²) in [6.07, 6.45) is 0.164. The predicted molar refractivity (Wildman–Crippen MR) is 65.6 cm³/mol. The van der Waals surface area contributed by atoms with Crippen LogP contribution in [0.4, 0.5) is 0 Å². The van der Waals surface area contributed by atoms with E-state index in [2.05, 4.69) is 4.89 Å². The molecule has 2 unspecified atom stereocenters. The van der Waals surface area contributed by atoms with Gasteiger partial charge in [-0.15, -0.1) is 0 Å². The van der Waals surface area contributed by atoms with Gasteiger partial charge in [-0.25, -0.2) is 24.3 Å². The summed E-state index contributed by atoms with van der Waals surface area (Å²) in [6.45, 7) is 8.95. The van der Waals surface area contributed by atoms with Gasteiger partial charge in [0.1, 0.15) is 0 Å². The van der Waals surface area contributed by atoms with Crippen molar-refractivity contribution < 1.29 is 34.5 Å². The molecule has 19 heavy (non-hydrogen) atoms. The maximum Gasteiger partial charge on any atom is 0.373 e. The first-order valence-corrected chi connectivity index (χ1v) is 6.32. The maximum atomic E-state index is 11.2. The minimum absolute atomic E-state index is 0.378. The van der Waals surface area contributed by atoms with E-state index in [0.717, 1.165) is 12.8 Å². The normalized spacial score (nSPS) is 15.1. The van der Waals surface area contributed by atoms with Crippen LogP contribution in [0.3, 0.4) is 0 Å². The lowest BCUT2D eigenvalue weighted by Crippen LogP contribution is -2.30. The van der Waals surface area contributed by atoms with Gasteiger partial charge >= 0.3 is 5.97 Å². The summed E-state index contributed by atoms with van der Waals surface area (Å²) in [7, 11) is 0. The van der Waals surface area contributed by atoms with Crippen LogP contribution >= 0.6 is 0 Å². The summed E-state index contributed by atoms with van der Waals surface area (Å²) < 4.78 is 0. The first-order valence-electron chi connectivity index (χ1n) is 6.32. The van der Waals surface area contributed by atoms with Crippen molar-refractivity contribution in [2.75, 3.05) is 0 Å². The average Bonchev–Trinajstić information content (AvgIpc) is 2.34. The molecule has 0 heterocycles. The van der Waals surface area contributed by atoms with Crippen LogP contribution < -0.4 is 0 Å². The number of rotatable bonds is 9. The fraction of sp³-hybridized carbons (Fsp3) is 0.917. The van der Waals surface area contributed by atoms with E-state index in [9.17, 15) is 4.79 Å². The lowest BCUT2D eigenvalue weighted by molar-refractivity contribution is -0.483. The third-order valence-electron chi connectivity index (χ3n) is 1.91. The second-order valence-corrected chi connectivity index (χ2v) is 5.09. The van der Waals surface area contributed by atoms with Crippen LogP contribution in [0.15, 0.2) is 0 Å². The van der Waals surface area contributed by atoms with E-state index in [1.54, 1.807) is 6.92 Å². The van der Waals surface area contributed by atoms with Crippen molar-refractivity contribution >= 4 is 5.97 Å². The molecule has 7 nitrogen and oxygen atoms in total. The Bertz CT molecular complexity index is 249. The molecule has 0 fully saturated rings. The summed E-state index contributed by atoms with van der Waals surface area (Å²) in [5.41, 5.74) is -0.483. The molecule has 0 aromatic carbocycles. The molecule has 0 aliphatic rings. The van der Waals surface area contributed by atoms with Crippen LogP contribution in [-0.2, 0) is 29.2 Å². The van der Waals surface area contributed by atoms with Crippen molar-refractivity contribution in [2.24, 2.45) is 0 Å². The number of carbonyl (C=O) groups is 1. The van der Waals surface area contributed by atoms with Crippen molar-refractivity contribution in [3.05, 3.63) is 0 Å². The Balaban J connectivity index is 4.05. The quantitative estimate of drug-likeness (QED) is 0.395. The highest BCUT2D eigenvalue weighted by Crippen LogP contribution is 2.12. The highest BCUT2D eigenvalue weighted by molar-refractivity contribution is 5.73. The zero-order valence-electron chi connectivity index (χ0n) is 12.2. The van der Waals surface area contributed by atoms with Crippen LogP contribution in [0.1, 0.15) is 53.9 Å².